The van der Waals surface area contributed by atoms with Crippen molar-refractivity contribution in [2.75, 3.05) is 13.2 Å². The molecule has 5 fully saturated rings. The van der Waals surface area contributed by atoms with Gasteiger partial charge in [-0.25, -0.2) is 0 Å². The van der Waals surface area contributed by atoms with E-state index in [2.05, 4.69) is 13.8 Å². The van der Waals surface area contributed by atoms with Crippen LogP contribution in [-0.2, 0) is 14.9 Å². The van der Waals surface area contributed by atoms with Crippen LogP contribution in [0.25, 0.3) is 0 Å². The number of alkyl halides is 2. The Morgan fingerprint density at radius 2 is 1.92 bits per heavy atom. The van der Waals surface area contributed by atoms with E-state index in [1.165, 1.54) is 0 Å². The lowest BCUT2D eigenvalue weighted by Gasteiger charge is -2.69. The zero-order chi connectivity index (χ0) is 19.2. The van der Waals surface area contributed by atoms with Crippen molar-refractivity contribution in [1.82, 2.24) is 0 Å². The minimum absolute atomic E-state index is 0.0737. The molecule has 26 heavy (non-hydrogen) atoms. The van der Waals surface area contributed by atoms with E-state index in [1.807, 2.05) is 0 Å². The molecule has 0 radical (unpaired) electrons. The summed E-state index contributed by atoms with van der Waals surface area (Å²) in [5.74, 6) is 1.00. The van der Waals surface area contributed by atoms with E-state index >= 15 is 0 Å². The lowest BCUT2D eigenvalue weighted by molar-refractivity contribution is -0.252. The molecule has 0 aromatic heterocycles. The van der Waals surface area contributed by atoms with Gasteiger partial charge < -0.3 is 9.84 Å². The van der Waals surface area contributed by atoms with Crippen LogP contribution in [0, 0.1) is 34.5 Å². The van der Waals surface area contributed by atoms with Crippen molar-refractivity contribution in [2.24, 2.45) is 34.5 Å². The Kier molecular flexibility index (Phi) is 3.95. The molecule has 0 saturated heterocycles. The van der Waals surface area contributed by atoms with Crippen LogP contribution in [0.1, 0.15) is 52.4 Å². The number of rotatable bonds is 7. The van der Waals surface area contributed by atoms with Crippen molar-refractivity contribution < 1.29 is 31.6 Å². The van der Waals surface area contributed by atoms with Crippen LogP contribution in [0.5, 0.6) is 0 Å². The third kappa shape index (κ3) is 2.25. The second kappa shape index (κ2) is 5.39. The Balaban J connectivity index is 1.51. The van der Waals surface area contributed by atoms with Crippen molar-refractivity contribution >= 4 is 10.1 Å². The molecule has 5 saturated carbocycles. The Labute approximate surface area is 153 Å². The van der Waals surface area contributed by atoms with E-state index in [0.717, 1.165) is 38.5 Å². The van der Waals surface area contributed by atoms with Crippen molar-refractivity contribution in [2.45, 2.75) is 63.2 Å². The summed E-state index contributed by atoms with van der Waals surface area (Å²) in [7, 11) is -5.47. The molecule has 5 nitrogen and oxygen atoms in total. The summed E-state index contributed by atoms with van der Waals surface area (Å²) in [4.78, 5) is 0. The van der Waals surface area contributed by atoms with Gasteiger partial charge in [0.2, 0.25) is 0 Å². The van der Waals surface area contributed by atoms with E-state index in [0.29, 0.717) is 5.92 Å². The van der Waals surface area contributed by atoms with Gasteiger partial charge in [-0.15, -0.1) is 0 Å². The lowest BCUT2D eigenvalue weighted by atomic mass is 9.36. The zero-order valence-corrected chi connectivity index (χ0v) is 16.1. The van der Waals surface area contributed by atoms with Crippen molar-refractivity contribution in [3.05, 3.63) is 0 Å². The Bertz CT molecular complexity index is 712. The van der Waals surface area contributed by atoms with Gasteiger partial charge in [0.1, 0.15) is 6.61 Å². The Hall–Kier alpha value is -0.310. The third-order valence-electron chi connectivity index (χ3n) is 8.41. The van der Waals surface area contributed by atoms with Gasteiger partial charge in [0, 0.05) is 0 Å². The van der Waals surface area contributed by atoms with Crippen molar-refractivity contribution in [3.63, 3.8) is 0 Å². The molecule has 0 aromatic carbocycles. The highest BCUT2D eigenvalue weighted by molar-refractivity contribution is 7.86. The SMILES string of the molecule is CCC(C)C1(O)C2CC3C4(COCC(F)(F)S(=O)(=O)O)CC1CC3(C2)C4. The van der Waals surface area contributed by atoms with Gasteiger partial charge in [-0.05, 0) is 66.6 Å². The molecular weight excluding hydrogens is 366 g/mol. The number of fused-ring (bicyclic) bond motifs is 1. The first-order chi connectivity index (χ1) is 11.9. The topological polar surface area (TPSA) is 83.8 Å². The summed E-state index contributed by atoms with van der Waals surface area (Å²) < 4.78 is 62.2. The van der Waals surface area contributed by atoms with Gasteiger partial charge in [-0.2, -0.15) is 17.2 Å². The number of hydrogen-bond donors (Lipinski definition) is 2. The molecule has 1 spiro atoms. The number of ether oxygens (including phenoxy) is 1. The molecule has 150 valence electrons. The first-order valence-corrected chi connectivity index (χ1v) is 11.0. The third-order valence-corrected chi connectivity index (χ3v) is 9.28. The minimum atomic E-state index is -5.47. The average Bonchev–Trinajstić information content (AvgIpc) is 2.80. The van der Waals surface area contributed by atoms with E-state index < -0.39 is 27.6 Å². The summed E-state index contributed by atoms with van der Waals surface area (Å²) in [5.41, 5.74) is -0.694. The van der Waals surface area contributed by atoms with Crippen LogP contribution in [0.15, 0.2) is 0 Å². The highest BCUT2D eigenvalue weighted by Gasteiger charge is 2.77. The maximum Gasteiger partial charge on any atom is 0.392 e. The van der Waals surface area contributed by atoms with Crippen LogP contribution in [0.4, 0.5) is 8.78 Å². The van der Waals surface area contributed by atoms with Crippen LogP contribution in [0.2, 0.25) is 0 Å². The largest absolute Gasteiger partial charge is 0.392 e. The smallest absolute Gasteiger partial charge is 0.389 e. The lowest BCUT2D eigenvalue weighted by Crippen LogP contribution is -2.66. The second-order valence-corrected chi connectivity index (χ2v) is 11.0. The van der Waals surface area contributed by atoms with Gasteiger partial charge in [0.15, 0.2) is 0 Å². The van der Waals surface area contributed by atoms with Crippen molar-refractivity contribution in [3.8, 4) is 0 Å². The predicted octanol–water partition coefficient (Wildman–Crippen LogP) is 3.09. The highest BCUT2D eigenvalue weighted by Crippen LogP contribution is 2.81. The maximum atomic E-state index is 13.4. The van der Waals surface area contributed by atoms with Gasteiger partial charge in [-0.1, -0.05) is 20.3 Å². The number of halogens is 2. The van der Waals surface area contributed by atoms with Gasteiger partial charge >= 0.3 is 15.4 Å². The fourth-order valence-electron chi connectivity index (χ4n) is 7.41. The molecule has 0 aromatic rings. The highest BCUT2D eigenvalue weighted by atomic mass is 32.2. The Morgan fingerprint density at radius 3 is 2.54 bits per heavy atom. The second-order valence-electron chi connectivity index (χ2n) is 9.50. The van der Waals surface area contributed by atoms with E-state index in [1.54, 1.807) is 0 Å². The summed E-state index contributed by atoms with van der Waals surface area (Å²) >= 11 is 0. The molecule has 4 bridgehead atoms. The summed E-state index contributed by atoms with van der Waals surface area (Å²) in [5, 5.41) is 7.27. The maximum absolute atomic E-state index is 13.4. The number of hydrogen-bond acceptors (Lipinski definition) is 4. The molecule has 5 rings (SSSR count). The molecule has 5 aliphatic carbocycles. The van der Waals surface area contributed by atoms with Gasteiger partial charge in [0.05, 0.1) is 12.2 Å². The van der Waals surface area contributed by atoms with E-state index in [4.69, 9.17) is 9.29 Å². The van der Waals surface area contributed by atoms with E-state index in [9.17, 15) is 22.3 Å². The molecular formula is C18H28F2O5S. The van der Waals surface area contributed by atoms with E-state index in [-0.39, 0.29) is 35.2 Å². The summed E-state index contributed by atoms with van der Waals surface area (Å²) in [6, 6.07) is 0. The standard InChI is InChI=1S/C18H28F2O5S/c1-3-11(2)18(21)12-4-14-15(5-12)6-13(18)7-16(14,8-15)9-25-10-17(19,20)26(22,23)24/h11-14,21H,3-10H2,1-2H3,(H,22,23,24). The average molecular weight is 394 g/mol. The van der Waals surface area contributed by atoms with Gasteiger partial charge in [-0.3, -0.25) is 4.55 Å². The molecule has 7 unspecified atom stereocenters. The minimum Gasteiger partial charge on any atom is -0.389 e. The molecule has 5 aliphatic rings. The molecule has 8 heteroatoms. The van der Waals surface area contributed by atoms with Crippen LogP contribution in [0.3, 0.4) is 0 Å². The molecule has 0 aliphatic heterocycles. The normalized spacial score (nSPS) is 47.7. The molecule has 7 atom stereocenters. The van der Waals surface area contributed by atoms with Crippen LogP contribution >= 0.6 is 0 Å². The van der Waals surface area contributed by atoms with Crippen molar-refractivity contribution in [1.29, 1.82) is 0 Å². The first-order valence-electron chi connectivity index (χ1n) is 9.55. The van der Waals surface area contributed by atoms with Crippen LogP contribution < -0.4 is 0 Å². The van der Waals surface area contributed by atoms with Crippen LogP contribution in [-0.4, -0.2) is 42.1 Å². The fraction of sp³-hybridized carbons (Fsp3) is 1.00. The summed E-state index contributed by atoms with van der Waals surface area (Å²) in [6.45, 7) is 2.94. The fourth-order valence-corrected chi connectivity index (χ4v) is 7.64. The number of aliphatic hydroxyl groups is 1. The molecule has 2 N–H and O–H groups in total. The monoisotopic (exact) mass is 394 g/mol. The van der Waals surface area contributed by atoms with Gasteiger partial charge in [0.25, 0.3) is 0 Å². The molecule has 0 amide bonds. The Morgan fingerprint density at radius 1 is 1.27 bits per heavy atom. The predicted molar refractivity (Wildman–Crippen MR) is 90.1 cm³/mol. The summed E-state index contributed by atoms with van der Waals surface area (Å²) in [6.07, 6.45) is 5.52. The zero-order valence-electron chi connectivity index (χ0n) is 15.2. The quantitative estimate of drug-likeness (QED) is 0.649. The molecule has 0 heterocycles. The first kappa shape index (κ1) is 19.0.